The van der Waals surface area contributed by atoms with E-state index < -0.39 is 11.6 Å². The van der Waals surface area contributed by atoms with Crippen molar-refractivity contribution in [3.63, 3.8) is 0 Å². The maximum atomic E-state index is 14.2. The third kappa shape index (κ3) is 3.50. The van der Waals surface area contributed by atoms with E-state index in [4.69, 9.17) is 4.52 Å². The van der Waals surface area contributed by atoms with Crippen LogP contribution >= 0.6 is 0 Å². The summed E-state index contributed by atoms with van der Waals surface area (Å²) in [6.45, 7) is 1.86. The van der Waals surface area contributed by atoms with Gasteiger partial charge in [0.2, 0.25) is 0 Å². The minimum absolute atomic E-state index is 0.0108. The molecule has 6 nitrogen and oxygen atoms in total. The normalized spacial score (nSPS) is 17.4. The predicted octanol–water partition coefficient (Wildman–Crippen LogP) is 4.94. The van der Waals surface area contributed by atoms with E-state index in [0.717, 1.165) is 43.5 Å². The fourth-order valence-corrected chi connectivity index (χ4v) is 5.12. The van der Waals surface area contributed by atoms with Gasteiger partial charge in [0, 0.05) is 48.9 Å². The number of halogens is 2. The molecule has 2 aromatic heterocycles. The zero-order valence-electron chi connectivity index (χ0n) is 18.4. The lowest BCUT2D eigenvalue weighted by Crippen LogP contribution is -2.39. The van der Waals surface area contributed by atoms with Crippen LogP contribution in [-0.2, 0) is 19.5 Å². The van der Waals surface area contributed by atoms with E-state index in [0.29, 0.717) is 13.1 Å². The van der Waals surface area contributed by atoms with Gasteiger partial charge in [-0.2, -0.15) is 5.10 Å². The lowest BCUT2D eigenvalue weighted by molar-refractivity contribution is 0.0714. The Balaban J connectivity index is 1.33. The Morgan fingerprint density at radius 1 is 1.06 bits per heavy atom. The van der Waals surface area contributed by atoms with E-state index in [-0.39, 0.29) is 28.8 Å². The minimum atomic E-state index is -0.770. The molecule has 8 heteroatoms. The first kappa shape index (κ1) is 20.8. The molecule has 1 amide bonds. The molecule has 2 aromatic carbocycles. The van der Waals surface area contributed by atoms with Gasteiger partial charge in [0.25, 0.3) is 5.91 Å². The summed E-state index contributed by atoms with van der Waals surface area (Å²) in [4.78, 5) is 15.2. The van der Waals surface area contributed by atoms with E-state index in [9.17, 15) is 13.6 Å². The van der Waals surface area contributed by atoms with Crippen LogP contribution in [0.15, 0.2) is 59.3 Å². The third-order valence-corrected chi connectivity index (χ3v) is 6.80. The maximum absolute atomic E-state index is 14.2. The highest BCUT2D eigenvalue weighted by Gasteiger charge is 2.33. The lowest BCUT2D eigenvalue weighted by atomic mass is 9.83. The summed E-state index contributed by atoms with van der Waals surface area (Å²) in [7, 11) is 0. The van der Waals surface area contributed by atoms with Crippen LogP contribution in [-0.4, -0.2) is 32.3 Å². The van der Waals surface area contributed by atoms with Crippen LogP contribution in [0.25, 0.3) is 11.3 Å². The van der Waals surface area contributed by atoms with Crippen molar-refractivity contribution in [3.8, 4) is 11.3 Å². The molecule has 0 fully saturated rings. The summed E-state index contributed by atoms with van der Waals surface area (Å²) in [6.07, 6.45) is 5.19. The summed E-state index contributed by atoms with van der Waals surface area (Å²) in [5.74, 6) is -1.65. The summed E-state index contributed by atoms with van der Waals surface area (Å²) in [5.41, 5.74) is 4.85. The molecule has 0 aliphatic carbocycles. The minimum Gasteiger partial charge on any atom is -0.355 e. The van der Waals surface area contributed by atoms with Crippen LogP contribution in [0.3, 0.4) is 0 Å². The third-order valence-electron chi connectivity index (χ3n) is 6.80. The standard InChI is InChI=1S/C26H22F2N4O2/c27-17-8-9-19(22(28)11-17)25-12-23(30-34-25)26(33)31-14-16-5-1-2-6-18(16)21(15-31)20-13-29-32-10-4-3-7-24(20)32/h1-2,5-6,8-9,11-13,21H,3-4,7,10,14-15H2. The molecular formula is C26H22F2N4O2. The quantitative estimate of drug-likeness (QED) is 0.434. The lowest BCUT2D eigenvalue weighted by Gasteiger charge is -2.34. The number of rotatable bonds is 3. The largest absolute Gasteiger partial charge is 0.355 e. The van der Waals surface area contributed by atoms with Crippen molar-refractivity contribution in [3.05, 3.63) is 94.4 Å². The summed E-state index contributed by atoms with van der Waals surface area (Å²) in [6, 6.07) is 12.8. The summed E-state index contributed by atoms with van der Waals surface area (Å²) < 4.78 is 34.8. The number of benzene rings is 2. The van der Waals surface area contributed by atoms with Gasteiger partial charge >= 0.3 is 0 Å². The molecule has 0 N–H and O–H groups in total. The Hall–Kier alpha value is -3.81. The maximum Gasteiger partial charge on any atom is 0.276 e. The number of amides is 1. The average molecular weight is 460 g/mol. The Bertz CT molecular complexity index is 1390. The van der Waals surface area contributed by atoms with Gasteiger partial charge in [0.1, 0.15) is 11.6 Å². The van der Waals surface area contributed by atoms with Crippen molar-refractivity contribution >= 4 is 5.91 Å². The van der Waals surface area contributed by atoms with E-state index in [1.807, 2.05) is 24.4 Å². The number of nitrogens with zero attached hydrogens (tertiary/aromatic N) is 4. The van der Waals surface area contributed by atoms with Gasteiger partial charge in [0.15, 0.2) is 11.5 Å². The molecule has 0 saturated carbocycles. The van der Waals surface area contributed by atoms with Crippen LogP contribution in [0.4, 0.5) is 8.78 Å². The molecule has 172 valence electrons. The SMILES string of the molecule is O=C(c1cc(-c2ccc(F)cc2F)on1)N1Cc2ccccc2C(c2cnn3c2CCCC3)C1. The molecular weight excluding hydrogens is 438 g/mol. The van der Waals surface area contributed by atoms with Crippen molar-refractivity contribution < 1.29 is 18.1 Å². The molecule has 1 unspecified atom stereocenters. The monoisotopic (exact) mass is 460 g/mol. The number of aromatic nitrogens is 3. The fraction of sp³-hybridized carbons (Fsp3) is 0.269. The van der Waals surface area contributed by atoms with Gasteiger partial charge in [-0.1, -0.05) is 29.4 Å². The number of carbonyl (C=O) groups is 1. The van der Waals surface area contributed by atoms with Gasteiger partial charge in [-0.15, -0.1) is 0 Å². The molecule has 2 aliphatic heterocycles. The molecule has 4 aromatic rings. The second-order valence-corrected chi connectivity index (χ2v) is 8.86. The van der Waals surface area contributed by atoms with Crippen molar-refractivity contribution in [1.82, 2.24) is 19.8 Å². The Morgan fingerprint density at radius 3 is 2.82 bits per heavy atom. The molecule has 0 spiro atoms. The topological polar surface area (TPSA) is 64.2 Å². The van der Waals surface area contributed by atoms with Crippen LogP contribution in [0.5, 0.6) is 0 Å². The van der Waals surface area contributed by atoms with Crippen molar-refractivity contribution in [2.75, 3.05) is 6.54 Å². The molecule has 4 heterocycles. The van der Waals surface area contributed by atoms with Crippen LogP contribution in [0.1, 0.15) is 51.6 Å². The summed E-state index contributed by atoms with van der Waals surface area (Å²) in [5, 5.41) is 8.51. The molecule has 6 rings (SSSR count). The number of carbonyl (C=O) groups excluding carboxylic acids is 1. The fourth-order valence-electron chi connectivity index (χ4n) is 5.12. The number of hydrogen-bond acceptors (Lipinski definition) is 4. The Kier molecular flexibility index (Phi) is 5.01. The van der Waals surface area contributed by atoms with Gasteiger partial charge < -0.3 is 9.42 Å². The van der Waals surface area contributed by atoms with Gasteiger partial charge in [0.05, 0.1) is 11.8 Å². The highest BCUT2D eigenvalue weighted by atomic mass is 19.1. The van der Waals surface area contributed by atoms with Crippen molar-refractivity contribution in [1.29, 1.82) is 0 Å². The number of hydrogen-bond donors (Lipinski definition) is 0. The summed E-state index contributed by atoms with van der Waals surface area (Å²) >= 11 is 0. The molecule has 34 heavy (non-hydrogen) atoms. The highest BCUT2D eigenvalue weighted by molar-refractivity contribution is 5.93. The van der Waals surface area contributed by atoms with E-state index >= 15 is 0 Å². The molecule has 0 bridgehead atoms. The van der Waals surface area contributed by atoms with E-state index in [2.05, 4.69) is 21.0 Å². The molecule has 1 atom stereocenters. The Labute approximate surface area is 194 Å². The Morgan fingerprint density at radius 2 is 1.94 bits per heavy atom. The number of fused-ring (bicyclic) bond motifs is 2. The number of aryl methyl sites for hydroxylation is 1. The van der Waals surface area contributed by atoms with Gasteiger partial charge in [-0.3, -0.25) is 9.48 Å². The highest BCUT2D eigenvalue weighted by Crippen LogP contribution is 2.37. The zero-order valence-corrected chi connectivity index (χ0v) is 18.4. The predicted molar refractivity (Wildman–Crippen MR) is 120 cm³/mol. The van der Waals surface area contributed by atoms with Crippen LogP contribution in [0, 0.1) is 11.6 Å². The van der Waals surface area contributed by atoms with E-state index in [1.54, 1.807) is 4.90 Å². The first-order valence-electron chi connectivity index (χ1n) is 11.4. The first-order chi connectivity index (χ1) is 16.6. The van der Waals surface area contributed by atoms with Gasteiger partial charge in [-0.05, 0) is 42.5 Å². The van der Waals surface area contributed by atoms with Crippen LogP contribution < -0.4 is 0 Å². The smallest absolute Gasteiger partial charge is 0.276 e. The zero-order chi connectivity index (χ0) is 23.2. The van der Waals surface area contributed by atoms with Crippen LogP contribution in [0.2, 0.25) is 0 Å². The first-order valence-corrected chi connectivity index (χ1v) is 11.4. The average Bonchev–Trinajstić information content (AvgIpc) is 3.51. The second-order valence-electron chi connectivity index (χ2n) is 8.86. The molecule has 0 radical (unpaired) electrons. The second kappa shape index (κ2) is 8.20. The van der Waals surface area contributed by atoms with Crippen molar-refractivity contribution in [2.24, 2.45) is 0 Å². The molecule has 0 saturated heterocycles. The van der Waals surface area contributed by atoms with Gasteiger partial charge in [-0.25, -0.2) is 8.78 Å². The molecule has 2 aliphatic rings. The van der Waals surface area contributed by atoms with Crippen molar-refractivity contribution in [2.45, 2.75) is 38.3 Å². The van der Waals surface area contributed by atoms with E-state index in [1.165, 1.54) is 29.0 Å².